The van der Waals surface area contributed by atoms with Crippen molar-refractivity contribution in [3.8, 4) is 0 Å². The number of carbonyl (C=O) groups is 2. The third kappa shape index (κ3) is 3.94. The van der Waals surface area contributed by atoms with Crippen molar-refractivity contribution in [2.24, 2.45) is 0 Å². The molecule has 1 aromatic heterocycles. The Morgan fingerprint density at radius 3 is 2.64 bits per heavy atom. The lowest BCUT2D eigenvalue weighted by molar-refractivity contribution is 0.0599. The fraction of sp³-hybridized carbons (Fsp3) is 0.250. The summed E-state index contributed by atoms with van der Waals surface area (Å²) in [5, 5.41) is 2.75. The first-order valence-corrected chi connectivity index (χ1v) is 6.71. The summed E-state index contributed by atoms with van der Waals surface area (Å²) in [4.78, 5) is 23.3. The van der Waals surface area contributed by atoms with Gasteiger partial charge in [0, 0.05) is 12.1 Å². The first kappa shape index (κ1) is 15.8. The molecule has 0 fully saturated rings. The molecule has 1 heterocycles. The molecule has 6 heteroatoms. The second-order valence-corrected chi connectivity index (χ2v) is 4.90. The number of ether oxygens (including phenoxy) is 1. The van der Waals surface area contributed by atoms with Gasteiger partial charge in [-0.15, -0.1) is 0 Å². The van der Waals surface area contributed by atoms with Crippen LogP contribution in [0.4, 0.5) is 4.39 Å². The van der Waals surface area contributed by atoms with Crippen molar-refractivity contribution in [3.63, 3.8) is 0 Å². The van der Waals surface area contributed by atoms with Crippen LogP contribution in [-0.4, -0.2) is 25.0 Å². The van der Waals surface area contributed by atoms with Gasteiger partial charge in [0.05, 0.1) is 12.7 Å². The maximum atomic E-state index is 12.8. The summed E-state index contributed by atoms with van der Waals surface area (Å²) < 4.78 is 22.4. The van der Waals surface area contributed by atoms with Gasteiger partial charge in [0.1, 0.15) is 12.1 Å². The van der Waals surface area contributed by atoms with E-state index >= 15 is 0 Å². The lowest BCUT2D eigenvalue weighted by Crippen LogP contribution is -2.33. The van der Waals surface area contributed by atoms with Crippen LogP contribution in [0.2, 0.25) is 0 Å². The number of nitrogens with one attached hydrogen (secondary N) is 1. The molecule has 1 N–H and O–H groups in total. The fourth-order valence-electron chi connectivity index (χ4n) is 2.00. The Labute approximate surface area is 127 Å². The molecule has 5 nitrogen and oxygen atoms in total. The Balaban J connectivity index is 1.94. The number of hydrogen-bond donors (Lipinski definition) is 1. The van der Waals surface area contributed by atoms with Crippen molar-refractivity contribution < 1.29 is 23.1 Å². The standard InChI is InChI=1S/C16H16FNO4/c1-10(7-11-3-5-13(17)6-4-11)18-15(19)14-8-12(9-22-14)16(20)21-2/h3-6,8-10H,7H2,1-2H3,(H,18,19)/t10-/m0/s1. The van der Waals surface area contributed by atoms with E-state index in [0.717, 1.165) is 5.56 Å². The first-order valence-electron chi connectivity index (χ1n) is 6.71. The predicted molar refractivity (Wildman–Crippen MR) is 77.1 cm³/mol. The molecule has 1 atom stereocenters. The van der Waals surface area contributed by atoms with E-state index in [0.29, 0.717) is 6.42 Å². The first-order chi connectivity index (χ1) is 10.5. The van der Waals surface area contributed by atoms with Gasteiger partial charge in [-0.3, -0.25) is 4.79 Å². The van der Waals surface area contributed by atoms with E-state index in [1.54, 1.807) is 12.1 Å². The number of carbonyl (C=O) groups excluding carboxylic acids is 2. The molecule has 22 heavy (non-hydrogen) atoms. The van der Waals surface area contributed by atoms with Crippen LogP contribution in [0.5, 0.6) is 0 Å². The SMILES string of the molecule is COC(=O)c1coc(C(=O)N[C@@H](C)Cc2ccc(F)cc2)c1. The Morgan fingerprint density at radius 2 is 2.00 bits per heavy atom. The molecular weight excluding hydrogens is 289 g/mol. The molecule has 0 aliphatic rings. The van der Waals surface area contributed by atoms with E-state index in [9.17, 15) is 14.0 Å². The molecule has 0 aliphatic carbocycles. The van der Waals surface area contributed by atoms with Crippen LogP contribution in [0.1, 0.15) is 33.4 Å². The number of rotatable bonds is 5. The molecule has 0 saturated carbocycles. The topological polar surface area (TPSA) is 68.5 Å². The van der Waals surface area contributed by atoms with Gasteiger partial charge in [-0.2, -0.15) is 0 Å². The Kier molecular flexibility index (Phi) is 4.93. The van der Waals surface area contributed by atoms with Crippen LogP contribution < -0.4 is 5.32 Å². The van der Waals surface area contributed by atoms with Crippen molar-refractivity contribution in [1.82, 2.24) is 5.32 Å². The van der Waals surface area contributed by atoms with Gasteiger partial charge in [-0.05, 0) is 31.0 Å². The number of methoxy groups -OCH3 is 1. The molecule has 1 aromatic carbocycles. The van der Waals surface area contributed by atoms with Crippen molar-refractivity contribution in [2.45, 2.75) is 19.4 Å². The molecule has 0 unspecified atom stereocenters. The normalized spacial score (nSPS) is 11.8. The third-order valence-corrected chi connectivity index (χ3v) is 3.08. The summed E-state index contributed by atoms with van der Waals surface area (Å²) in [5.41, 5.74) is 1.09. The highest BCUT2D eigenvalue weighted by atomic mass is 19.1. The smallest absolute Gasteiger partial charge is 0.341 e. The molecular formula is C16H16FNO4. The Hall–Kier alpha value is -2.63. The van der Waals surface area contributed by atoms with Gasteiger partial charge in [0.15, 0.2) is 5.76 Å². The maximum absolute atomic E-state index is 12.8. The van der Waals surface area contributed by atoms with E-state index < -0.39 is 11.9 Å². The minimum Gasteiger partial charge on any atom is -0.465 e. The largest absolute Gasteiger partial charge is 0.465 e. The number of benzene rings is 1. The van der Waals surface area contributed by atoms with Crippen molar-refractivity contribution in [3.05, 3.63) is 59.3 Å². The highest BCUT2D eigenvalue weighted by Crippen LogP contribution is 2.10. The molecule has 0 spiro atoms. The molecule has 0 saturated heterocycles. The van der Waals surface area contributed by atoms with Gasteiger partial charge in [0.2, 0.25) is 0 Å². The zero-order chi connectivity index (χ0) is 16.1. The molecule has 0 aliphatic heterocycles. The van der Waals surface area contributed by atoms with Crippen LogP contribution in [0.25, 0.3) is 0 Å². The van der Waals surface area contributed by atoms with Gasteiger partial charge < -0.3 is 14.5 Å². The average Bonchev–Trinajstić information content (AvgIpc) is 2.98. The van der Waals surface area contributed by atoms with Gasteiger partial charge in [-0.1, -0.05) is 12.1 Å². The van der Waals surface area contributed by atoms with Crippen molar-refractivity contribution in [2.75, 3.05) is 7.11 Å². The van der Waals surface area contributed by atoms with Crippen LogP contribution in [0, 0.1) is 5.82 Å². The number of furan rings is 1. The van der Waals surface area contributed by atoms with Crippen LogP contribution in [0.3, 0.4) is 0 Å². The molecule has 0 radical (unpaired) electrons. The van der Waals surface area contributed by atoms with Gasteiger partial charge in [0.25, 0.3) is 5.91 Å². The zero-order valence-corrected chi connectivity index (χ0v) is 12.3. The summed E-state index contributed by atoms with van der Waals surface area (Å²) in [5.74, 6) is -1.26. The zero-order valence-electron chi connectivity index (χ0n) is 12.3. The third-order valence-electron chi connectivity index (χ3n) is 3.08. The number of amides is 1. The lowest BCUT2D eigenvalue weighted by atomic mass is 10.1. The second kappa shape index (κ2) is 6.89. The molecule has 0 bridgehead atoms. The van der Waals surface area contributed by atoms with Gasteiger partial charge >= 0.3 is 5.97 Å². The van der Waals surface area contributed by atoms with Crippen LogP contribution >= 0.6 is 0 Å². The number of hydrogen-bond acceptors (Lipinski definition) is 4. The minimum absolute atomic E-state index is 0.0337. The van der Waals surface area contributed by atoms with E-state index in [1.807, 2.05) is 6.92 Å². The quantitative estimate of drug-likeness (QED) is 0.862. The average molecular weight is 305 g/mol. The summed E-state index contributed by atoms with van der Waals surface area (Å²) in [6.45, 7) is 1.82. The van der Waals surface area contributed by atoms with Crippen LogP contribution in [0.15, 0.2) is 41.0 Å². The summed E-state index contributed by atoms with van der Waals surface area (Å²) in [7, 11) is 1.25. The molecule has 2 aromatic rings. The highest BCUT2D eigenvalue weighted by molar-refractivity contribution is 5.96. The Morgan fingerprint density at radius 1 is 1.32 bits per heavy atom. The van der Waals surface area contributed by atoms with E-state index in [-0.39, 0.29) is 23.2 Å². The monoisotopic (exact) mass is 305 g/mol. The fourth-order valence-corrected chi connectivity index (χ4v) is 2.00. The van der Waals surface area contributed by atoms with Crippen molar-refractivity contribution >= 4 is 11.9 Å². The number of esters is 1. The van der Waals surface area contributed by atoms with E-state index in [1.165, 1.54) is 31.6 Å². The van der Waals surface area contributed by atoms with Crippen molar-refractivity contribution in [1.29, 1.82) is 0 Å². The van der Waals surface area contributed by atoms with Crippen LogP contribution in [-0.2, 0) is 11.2 Å². The summed E-state index contributed by atoms with van der Waals surface area (Å²) in [6.07, 6.45) is 1.72. The second-order valence-electron chi connectivity index (χ2n) is 4.90. The Bertz CT molecular complexity index is 663. The predicted octanol–water partition coefficient (Wildman–Crippen LogP) is 2.57. The molecule has 116 valence electrons. The molecule has 2 rings (SSSR count). The lowest BCUT2D eigenvalue weighted by Gasteiger charge is -2.12. The van der Waals surface area contributed by atoms with E-state index in [2.05, 4.69) is 10.1 Å². The highest BCUT2D eigenvalue weighted by Gasteiger charge is 2.17. The minimum atomic E-state index is -0.567. The van der Waals surface area contributed by atoms with Gasteiger partial charge in [-0.25, -0.2) is 9.18 Å². The van der Waals surface area contributed by atoms with E-state index in [4.69, 9.17) is 4.42 Å². The molecule has 1 amide bonds. The summed E-state index contributed by atoms with van der Waals surface area (Å²) >= 11 is 0. The summed E-state index contributed by atoms with van der Waals surface area (Å²) in [6, 6.07) is 7.23. The maximum Gasteiger partial charge on any atom is 0.341 e. The number of halogens is 1.